The second-order valence-electron chi connectivity index (χ2n) is 10.6. The molecule has 2 aliphatic rings. The summed E-state index contributed by atoms with van der Waals surface area (Å²) < 4.78 is 26.0. The van der Waals surface area contributed by atoms with Crippen molar-refractivity contribution in [1.82, 2.24) is 24.1 Å². The lowest BCUT2D eigenvalue weighted by Crippen LogP contribution is -2.48. The van der Waals surface area contributed by atoms with Crippen molar-refractivity contribution in [3.8, 4) is 11.4 Å². The van der Waals surface area contributed by atoms with Gasteiger partial charge in [-0.3, -0.25) is 4.79 Å². The summed E-state index contributed by atoms with van der Waals surface area (Å²) in [7, 11) is -3.46. The first-order valence-electron chi connectivity index (χ1n) is 13.0. The smallest absolute Gasteiger partial charge is 0.256 e. The molecule has 0 radical (unpaired) electrons. The van der Waals surface area contributed by atoms with Gasteiger partial charge in [0.2, 0.25) is 5.91 Å². The average Bonchev–Trinajstić information content (AvgIpc) is 3.62. The maximum atomic E-state index is 12.5. The Morgan fingerprint density at radius 3 is 2.62 bits per heavy atom. The van der Waals surface area contributed by atoms with Crippen molar-refractivity contribution in [3.63, 3.8) is 0 Å². The molecule has 1 aromatic carbocycles. The number of nitrogens with one attached hydrogen (secondary N) is 1. The van der Waals surface area contributed by atoms with Crippen molar-refractivity contribution >= 4 is 44.0 Å². The van der Waals surface area contributed by atoms with Gasteiger partial charge in [0, 0.05) is 48.9 Å². The number of fused-ring (bicyclic) bond motifs is 1. The van der Waals surface area contributed by atoms with Crippen molar-refractivity contribution in [2.45, 2.75) is 44.3 Å². The van der Waals surface area contributed by atoms with E-state index in [1.807, 2.05) is 12.3 Å². The number of carbonyl (C=O) groups is 1. The molecule has 12 heteroatoms. The number of primary amides is 1. The Morgan fingerprint density at radius 1 is 1.10 bits per heavy atom. The Hall–Kier alpha value is -4.06. The van der Waals surface area contributed by atoms with Crippen molar-refractivity contribution in [2.75, 3.05) is 23.3 Å². The summed E-state index contributed by atoms with van der Waals surface area (Å²) >= 11 is 0. The third-order valence-electron chi connectivity index (χ3n) is 7.26. The van der Waals surface area contributed by atoms with Crippen molar-refractivity contribution in [2.24, 2.45) is 11.7 Å². The zero-order valence-electron chi connectivity index (χ0n) is 21.8. The summed E-state index contributed by atoms with van der Waals surface area (Å²) in [6.45, 7) is 5.91. The molecular formula is C27H30N8O3S. The number of aromatic nitrogens is 5. The number of amides is 1. The van der Waals surface area contributed by atoms with Crippen molar-refractivity contribution in [1.29, 1.82) is 0 Å². The highest BCUT2D eigenvalue weighted by Gasteiger charge is 2.37. The summed E-state index contributed by atoms with van der Waals surface area (Å²) in [6, 6.07) is 8.05. The fourth-order valence-electron chi connectivity index (χ4n) is 5.05. The molecule has 1 saturated heterocycles. The largest absolute Gasteiger partial charge is 0.370 e. The number of nitrogens with zero attached hydrogens (tertiary/aromatic N) is 6. The van der Waals surface area contributed by atoms with Gasteiger partial charge in [-0.15, -0.1) is 0 Å². The van der Waals surface area contributed by atoms with Crippen LogP contribution in [-0.4, -0.2) is 56.8 Å². The Balaban J connectivity index is 1.27. The van der Waals surface area contributed by atoms with E-state index in [1.54, 1.807) is 12.3 Å². The number of anilines is 3. The van der Waals surface area contributed by atoms with Crippen molar-refractivity contribution < 1.29 is 13.2 Å². The number of hydrogen-bond donors (Lipinski definition) is 2. The second-order valence-corrected chi connectivity index (χ2v) is 12.7. The molecular weight excluding hydrogens is 516 g/mol. The van der Waals surface area contributed by atoms with E-state index in [4.69, 9.17) is 5.73 Å². The van der Waals surface area contributed by atoms with Gasteiger partial charge in [0.05, 0.1) is 23.2 Å². The Morgan fingerprint density at radius 2 is 1.90 bits per heavy atom. The van der Waals surface area contributed by atoms with E-state index in [9.17, 15) is 13.2 Å². The SMILES string of the molecule is CC(C)c1ccc(N2CC(CC(N)=O)C2)c2cnc(Nc3ccnc(-c4cnn(S(=O)(=O)C5CC5)c4)n3)cc12. The van der Waals surface area contributed by atoms with Crippen LogP contribution in [0.3, 0.4) is 0 Å². The molecule has 4 heterocycles. The fraction of sp³-hybridized carbons (Fsp3) is 0.370. The molecule has 11 nitrogen and oxygen atoms in total. The molecule has 1 amide bonds. The molecule has 0 atom stereocenters. The minimum atomic E-state index is -3.46. The third-order valence-corrected chi connectivity index (χ3v) is 9.29. The summed E-state index contributed by atoms with van der Waals surface area (Å²) in [6.07, 6.45) is 8.15. The van der Waals surface area contributed by atoms with E-state index in [1.165, 1.54) is 18.0 Å². The minimum Gasteiger partial charge on any atom is -0.370 e. The second kappa shape index (κ2) is 9.60. The molecule has 0 bridgehead atoms. The molecule has 6 rings (SSSR count). The summed E-state index contributed by atoms with van der Waals surface area (Å²) in [5.74, 6) is 1.86. The van der Waals surface area contributed by atoms with Crippen LogP contribution in [0, 0.1) is 5.92 Å². The van der Waals surface area contributed by atoms with Gasteiger partial charge in [0.15, 0.2) is 5.82 Å². The zero-order chi connectivity index (χ0) is 27.3. The van der Waals surface area contributed by atoms with Gasteiger partial charge in [-0.05, 0) is 47.9 Å². The molecule has 3 aromatic heterocycles. The number of carbonyl (C=O) groups excluding carboxylic acids is 1. The first-order chi connectivity index (χ1) is 18.7. The predicted octanol–water partition coefficient (Wildman–Crippen LogP) is 3.41. The summed E-state index contributed by atoms with van der Waals surface area (Å²) in [4.78, 5) is 27.1. The lowest BCUT2D eigenvalue weighted by Gasteiger charge is -2.41. The highest BCUT2D eigenvalue weighted by molar-refractivity contribution is 7.90. The Kier molecular flexibility index (Phi) is 6.21. The van der Waals surface area contributed by atoms with Gasteiger partial charge < -0.3 is 16.0 Å². The number of benzene rings is 1. The molecule has 202 valence electrons. The van der Waals surface area contributed by atoms with Crippen LogP contribution in [0.5, 0.6) is 0 Å². The Labute approximate surface area is 226 Å². The molecule has 1 saturated carbocycles. The zero-order valence-corrected chi connectivity index (χ0v) is 22.6. The molecule has 0 unspecified atom stereocenters. The number of rotatable bonds is 9. The molecule has 39 heavy (non-hydrogen) atoms. The molecule has 1 aliphatic carbocycles. The van der Waals surface area contributed by atoms with Crippen LogP contribution in [0.15, 0.2) is 49.1 Å². The minimum absolute atomic E-state index is 0.262. The summed E-state index contributed by atoms with van der Waals surface area (Å²) in [5.41, 5.74) is 8.19. The van der Waals surface area contributed by atoms with Crippen LogP contribution in [0.2, 0.25) is 0 Å². The monoisotopic (exact) mass is 546 g/mol. The lowest BCUT2D eigenvalue weighted by molar-refractivity contribution is -0.119. The van der Waals surface area contributed by atoms with E-state index in [0.717, 1.165) is 33.6 Å². The van der Waals surface area contributed by atoms with E-state index < -0.39 is 10.0 Å². The highest BCUT2D eigenvalue weighted by atomic mass is 32.2. The van der Waals surface area contributed by atoms with Crippen LogP contribution in [0.25, 0.3) is 22.2 Å². The van der Waals surface area contributed by atoms with Crippen LogP contribution in [0.4, 0.5) is 17.3 Å². The first kappa shape index (κ1) is 25.2. The van der Waals surface area contributed by atoms with Gasteiger partial charge >= 0.3 is 0 Å². The number of hydrogen-bond acceptors (Lipinski definition) is 9. The quantitative estimate of drug-likeness (QED) is 0.322. The van der Waals surface area contributed by atoms with Gasteiger partial charge in [0.1, 0.15) is 11.6 Å². The Bertz CT molecular complexity index is 1670. The summed E-state index contributed by atoms with van der Waals surface area (Å²) in [5, 5.41) is 9.11. The van der Waals surface area contributed by atoms with Crippen molar-refractivity contribution in [3.05, 3.63) is 54.6 Å². The van der Waals surface area contributed by atoms with Gasteiger partial charge in [0.25, 0.3) is 10.0 Å². The maximum Gasteiger partial charge on any atom is 0.256 e. The van der Waals surface area contributed by atoms with E-state index in [-0.39, 0.29) is 17.1 Å². The molecule has 1 aliphatic heterocycles. The van der Waals surface area contributed by atoms with Gasteiger partial charge in [-0.2, -0.15) is 9.19 Å². The third kappa shape index (κ3) is 4.91. The molecule has 0 spiro atoms. The molecule has 2 fully saturated rings. The predicted molar refractivity (Wildman–Crippen MR) is 149 cm³/mol. The molecule has 4 aromatic rings. The van der Waals surface area contributed by atoms with Crippen LogP contribution in [-0.2, 0) is 14.8 Å². The van der Waals surface area contributed by atoms with Gasteiger partial charge in [-0.25, -0.2) is 23.4 Å². The normalized spacial score (nSPS) is 16.0. The topological polar surface area (TPSA) is 149 Å². The lowest BCUT2D eigenvalue weighted by atomic mass is 9.92. The van der Waals surface area contributed by atoms with E-state index in [2.05, 4.69) is 56.2 Å². The highest BCUT2D eigenvalue weighted by Crippen LogP contribution is 2.37. The fourth-order valence-corrected chi connectivity index (χ4v) is 6.53. The standard InChI is InChI=1S/C27H30N8O3S/c1-16(2)20-5-6-23(34-13-17(14-34)9-24(28)36)22-12-30-26(10-21(20)22)32-25-7-8-29-27(33-25)18-11-31-35(15-18)39(37,38)19-3-4-19/h5-8,10-12,15-17,19H,3-4,9,13-14H2,1-2H3,(H2,28,36)(H,29,30,32,33). The van der Waals surface area contributed by atoms with Crippen LogP contribution in [0.1, 0.15) is 44.6 Å². The van der Waals surface area contributed by atoms with E-state index in [0.29, 0.717) is 48.2 Å². The first-order valence-corrected chi connectivity index (χ1v) is 14.5. The van der Waals surface area contributed by atoms with Gasteiger partial charge in [-0.1, -0.05) is 19.9 Å². The average molecular weight is 547 g/mol. The van der Waals surface area contributed by atoms with E-state index >= 15 is 0 Å². The van der Waals surface area contributed by atoms with Crippen LogP contribution >= 0.6 is 0 Å². The number of nitrogens with two attached hydrogens (primary N) is 1. The number of pyridine rings is 1. The van der Waals surface area contributed by atoms with Crippen LogP contribution < -0.4 is 16.0 Å². The maximum absolute atomic E-state index is 12.5. The molecule has 3 N–H and O–H groups in total.